The Bertz CT molecular complexity index is 108. The SMILES string of the molecule is CCC(=N)C=C(C)C. The van der Waals surface area contributed by atoms with E-state index in [0.717, 1.165) is 6.42 Å². The predicted octanol–water partition coefficient (Wildman–Crippen LogP) is 2.38. The van der Waals surface area contributed by atoms with Crippen LogP contribution in [0.15, 0.2) is 11.6 Å². The molecule has 0 saturated heterocycles. The van der Waals surface area contributed by atoms with E-state index in [9.17, 15) is 0 Å². The van der Waals surface area contributed by atoms with Crippen molar-refractivity contribution in [2.24, 2.45) is 0 Å². The molecule has 0 fully saturated rings. The van der Waals surface area contributed by atoms with Crippen LogP contribution in [0.4, 0.5) is 0 Å². The van der Waals surface area contributed by atoms with Crippen molar-refractivity contribution in [2.75, 3.05) is 0 Å². The molecule has 0 heterocycles. The summed E-state index contributed by atoms with van der Waals surface area (Å²) < 4.78 is 0. The van der Waals surface area contributed by atoms with E-state index in [4.69, 9.17) is 5.41 Å². The highest BCUT2D eigenvalue weighted by atomic mass is 14.4. The van der Waals surface area contributed by atoms with Gasteiger partial charge in [0.05, 0.1) is 0 Å². The van der Waals surface area contributed by atoms with Gasteiger partial charge in [0.15, 0.2) is 0 Å². The second-order valence-corrected chi connectivity index (χ2v) is 2.10. The van der Waals surface area contributed by atoms with Crippen molar-refractivity contribution in [1.29, 1.82) is 5.41 Å². The van der Waals surface area contributed by atoms with E-state index in [1.165, 1.54) is 5.57 Å². The number of nitrogens with one attached hydrogen (secondary N) is 1. The van der Waals surface area contributed by atoms with Gasteiger partial charge in [-0.15, -0.1) is 0 Å². The molecule has 0 aromatic carbocycles. The minimum Gasteiger partial charge on any atom is -0.305 e. The second kappa shape index (κ2) is 3.42. The van der Waals surface area contributed by atoms with Crippen molar-refractivity contribution in [3.63, 3.8) is 0 Å². The minimum atomic E-state index is 0.713. The van der Waals surface area contributed by atoms with E-state index in [2.05, 4.69) is 0 Å². The van der Waals surface area contributed by atoms with E-state index >= 15 is 0 Å². The smallest absolute Gasteiger partial charge is 0.0310 e. The van der Waals surface area contributed by atoms with Gasteiger partial charge in [-0.3, -0.25) is 0 Å². The topological polar surface area (TPSA) is 23.9 Å². The van der Waals surface area contributed by atoms with Gasteiger partial charge in [0.25, 0.3) is 0 Å². The Morgan fingerprint density at radius 3 is 2.12 bits per heavy atom. The average molecular weight is 111 g/mol. The molecule has 0 saturated carbocycles. The first kappa shape index (κ1) is 7.41. The maximum atomic E-state index is 7.19. The normalized spacial score (nSPS) is 8.38. The van der Waals surface area contributed by atoms with E-state index in [0.29, 0.717) is 5.71 Å². The molecule has 0 aliphatic carbocycles. The predicted molar refractivity (Wildman–Crippen MR) is 37.4 cm³/mol. The fraction of sp³-hybridized carbons (Fsp3) is 0.571. The molecule has 0 rings (SSSR count). The first-order valence-corrected chi connectivity index (χ1v) is 2.89. The monoisotopic (exact) mass is 111 g/mol. The molecule has 8 heavy (non-hydrogen) atoms. The highest BCUT2D eigenvalue weighted by Crippen LogP contribution is 1.91. The highest BCUT2D eigenvalue weighted by molar-refractivity contribution is 5.92. The summed E-state index contributed by atoms with van der Waals surface area (Å²) in [6.45, 7) is 6.00. The van der Waals surface area contributed by atoms with Gasteiger partial charge in [-0.2, -0.15) is 0 Å². The van der Waals surface area contributed by atoms with E-state index in [1.54, 1.807) is 0 Å². The van der Waals surface area contributed by atoms with Gasteiger partial charge >= 0.3 is 0 Å². The summed E-state index contributed by atoms with van der Waals surface area (Å²) in [7, 11) is 0. The molecule has 1 nitrogen and oxygen atoms in total. The van der Waals surface area contributed by atoms with Crippen molar-refractivity contribution in [2.45, 2.75) is 27.2 Å². The third kappa shape index (κ3) is 3.59. The molecule has 0 bridgehead atoms. The van der Waals surface area contributed by atoms with Crippen LogP contribution in [0.5, 0.6) is 0 Å². The van der Waals surface area contributed by atoms with Crippen molar-refractivity contribution in [3.8, 4) is 0 Å². The van der Waals surface area contributed by atoms with Gasteiger partial charge in [-0.05, 0) is 26.3 Å². The Balaban J connectivity index is 3.70. The van der Waals surface area contributed by atoms with E-state index in [-0.39, 0.29) is 0 Å². The van der Waals surface area contributed by atoms with Gasteiger partial charge in [0.2, 0.25) is 0 Å². The summed E-state index contributed by atoms with van der Waals surface area (Å²) in [5.74, 6) is 0. The van der Waals surface area contributed by atoms with Crippen molar-refractivity contribution < 1.29 is 0 Å². The molecule has 0 aliphatic rings. The van der Waals surface area contributed by atoms with Gasteiger partial charge in [-0.1, -0.05) is 12.5 Å². The number of hydrogen-bond donors (Lipinski definition) is 1. The summed E-state index contributed by atoms with van der Waals surface area (Å²) in [4.78, 5) is 0. The Morgan fingerprint density at radius 1 is 1.50 bits per heavy atom. The maximum absolute atomic E-state index is 7.19. The molecule has 0 aromatic rings. The van der Waals surface area contributed by atoms with Crippen molar-refractivity contribution in [3.05, 3.63) is 11.6 Å². The fourth-order valence-corrected chi connectivity index (χ4v) is 0.451. The molecule has 0 atom stereocenters. The lowest BCUT2D eigenvalue weighted by Gasteiger charge is -1.89. The fourth-order valence-electron chi connectivity index (χ4n) is 0.451. The molecule has 0 amide bonds. The van der Waals surface area contributed by atoms with Crippen LogP contribution in [-0.2, 0) is 0 Å². The molecule has 0 aliphatic heterocycles. The Labute approximate surface area is 50.9 Å². The van der Waals surface area contributed by atoms with E-state index in [1.807, 2.05) is 26.8 Å². The molecule has 0 spiro atoms. The quantitative estimate of drug-likeness (QED) is 0.529. The standard InChI is InChI=1S/C7H13N/c1-4-7(8)5-6(2)3/h5,8H,4H2,1-3H3. The van der Waals surface area contributed by atoms with Crippen LogP contribution in [0, 0.1) is 5.41 Å². The van der Waals surface area contributed by atoms with Crippen LogP contribution in [0.25, 0.3) is 0 Å². The Hall–Kier alpha value is -0.590. The second-order valence-electron chi connectivity index (χ2n) is 2.10. The third-order valence-corrected chi connectivity index (χ3v) is 0.844. The van der Waals surface area contributed by atoms with Crippen molar-refractivity contribution >= 4 is 5.71 Å². The van der Waals surface area contributed by atoms with Gasteiger partial charge in [0, 0.05) is 5.71 Å². The summed E-state index contributed by atoms with van der Waals surface area (Å²) in [5.41, 5.74) is 1.92. The molecule has 1 heteroatoms. The average Bonchev–Trinajstić information content (AvgIpc) is 1.65. The molecule has 0 unspecified atom stereocenters. The van der Waals surface area contributed by atoms with Crippen LogP contribution < -0.4 is 0 Å². The van der Waals surface area contributed by atoms with Gasteiger partial charge in [-0.25, -0.2) is 0 Å². The molecule has 0 radical (unpaired) electrons. The van der Waals surface area contributed by atoms with Crippen LogP contribution in [-0.4, -0.2) is 5.71 Å². The molecule has 46 valence electrons. The Kier molecular flexibility index (Phi) is 3.16. The summed E-state index contributed by atoms with van der Waals surface area (Å²) >= 11 is 0. The lowest BCUT2D eigenvalue weighted by Crippen LogP contribution is -1.86. The zero-order valence-corrected chi connectivity index (χ0v) is 5.78. The van der Waals surface area contributed by atoms with Gasteiger partial charge < -0.3 is 5.41 Å². The van der Waals surface area contributed by atoms with Crippen LogP contribution >= 0.6 is 0 Å². The molecular weight excluding hydrogens is 98.1 g/mol. The third-order valence-electron chi connectivity index (χ3n) is 0.844. The zero-order valence-electron chi connectivity index (χ0n) is 5.78. The zero-order chi connectivity index (χ0) is 6.57. The van der Waals surface area contributed by atoms with E-state index < -0.39 is 0 Å². The number of rotatable bonds is 2. The van der Waals surface area contributed by atoms with Gasteiger partial charge in [0.1, 0.15) is 0 Å². The van der Waals surface area contributed by atoms with Crippen LogP contribution in [0.3, 0.4) is 0 Å². The first-order valence-electron chi connectivity index (χ1n) is 2.89. The minimum absolute atomic E-state index is 0.713. The first-order chi connectivity index (χ1) is 3.66. The number of allylic oxidation sites excluding steroid dienone is 2. The Morgan fingerprint density at radius 2 is 2.00 bits per heavy atom. The molecule has 1 N–H and O–H groups in total. The lowest BCUT2D eigenvalue weighted by molar-refractivity contribution is 1.24. The summed E-state index contributed by atoms with van der Waals surface area (Å²) in [5, 5.41) is 7.19. The maximum Gasteiger partial charge on any atom is 0.0310 e. The lowest BCUT2D eigenvalue weighted by atomic mass is 10.2. The van der Waals surface area contributed by atoms with Crippen LogP contribution in [0.1, 0.15) is 27.2 Å². The summed E-state index contributed by atoms with van der Waals surface area (Å²) in [6.07, 6.45) is 2.73. The molecular formula is C7H13N. The highest BCUT2D eigenvalue weighted by Gasteiger charge is 1.83. The molecule has 0 aromatic heterocycles. The largest absolute Gasteiger partial charge is 0.305 e. The van der Waals surface area contributed by atoms with Crippen LogP contribution in [0.2, 0.25) is 0 Å². The summed E-state index contributed by atoms with van der Waals surface area (Å²) in [6, 6.07) is 0. The number of hydrogen-bond acceptors (Lipinski definition) is 1. The van der Waals surface area contributed by atoms with Crippen molar-refractivity contribution in [1.82, 2.24) is 0 Å².